The van der Waals surface area contributed by atoms with Crippen molar-refractivity contribution >= 4 is 27.5 Å². The van der Waals surface area contributed by atoms with E-state index in [2.05, 4.69) is 21.2 Å². The maximum Gasteiger partial charge on any atom is 0.260 e. The van der Waals surface area contributed by atoms with Crippen molar-refractivity contribution in [2.45, 2.75) is 0 Å². The maximum absolute atomic E-state index is 13.0. The van der Waals surface area contributed by atoms with Crippen LogP contribution < -0.4 is 5.32 Å². The molecule has 1 heterocycles. The van der Waals surface area contributed by atoms with E-state index in [-0.39, 0.29) is 5.69 Å². The Labute approximate surface area is 104 Å². The minimum absolute atomic E-state index is 0.249. The van der Waals surface area contributed by atoms with Crippen molar-refractivity contribution < 1.29 is 18.7 Å². The molecule has 88 valence electrons. The number of hydrogen-bond acceptors (Lipinski definition) is 3. The van der Waals surface area contributed by atoms with E-state index < -0.39 is 17.5 Å². The van der Waals surface area contributed by atoms with Crippen LogP contribution in [-0.2, 0) is 0 Å². The van der Waals surface area contributed by atoms with Gasteiger partial charge in [0.25, 0.3) is 5.91 Å². The molecule has 0 fully saturated rings. The van der Waals surface area contributed by atoms with Gasteiger partial charge >= 0.3 is 0 Å². The lowest BCUT2D eigenvalue weighted by atomic mass is 10.2. The second kappa shape index (κ2) is 4.58. The van der Waals surface area contributed by atoms with Crippen LogP contribution in [0.3, 0.4) is 0 Å². The van der Waals surface area contributed by atoms with Gasteiger partial charge in [-0.15, -0.1) is 0 Å². The lowest BCUT2D eigenvalue weighted by molar-refractivity contribution is 0.102. The Hall–Kier alpha value is -1.82. The van der Waals surface area contributed by atoms with E-state index in [1.54, 1.807) is 0 Å². The van der Waals surface area contributed by atoms with E-state index in [9.17, 15) is 9.18 Å². The van der Waals surface area contributed by atoms with E-state index in [0.29, 0.717) is 10.2 Å². The number of hydrogen-bond donors (Lipinski definition) is 2. The predicted octanol–water partition coefficient (Wildman–Crippen LogP) is 3.14. The molecule has 0 aliphatic rings. The molecule has 2 rings (SSSR count). The third-order valence-electron chi connectivity index (χ3n) is 2.07. The van der Waals surface area contributed by atoms with Crippen molar-refractivity contribution in [3.05, 3.63) is 46.6 Å². The number of carbonyl (C=O) groups is 1. The monoisotopic (exact) mass is 299 g/mol. The summed E-state index contributed by atoms with van der Waals surface area (Å²) in [5.41, 5.74) is 0.553. The van der Waals surface area contributed by atoms with E-state index >= 15 is 0 Å². The van der Waals surface area contributed by atoms with Gasteiger partial charge in [0.1, 0.15) is 0 Å². The smallest absolute Gasteiger partial charge is 0.260 e. The Balaban J connectivity index is 2.19. The van der Waals surface area contributed by atoms with Crippen LogP contribution in [0.25, 0.3) is 0 Å². The van der Waals surface area contributed by atoms with Crippen LogP contribution in [0, 0.1) is 5.82 Å². The quantitative estimate of drug-likeness (QED) is 0.838. The maximum atomic E-state index is 13.0. The summed E-state index contributed by atoms with van der Waals surface area (Å²) in [5.74, 6) is -1.70. The molecule has 0 aliphatic carbocycles. The van der Waals surface area contributed by atoms with Crippen LogP contribution in [-0.4, -0.2) is 11.0 Å². The summed E-state index contributed by atoms with van der Waals surface area (Å²) in [7, 11) is 0. The number of furan rings is 1. The van der Waals surface area contributed by atoms with Crippen molar-refractivity contribution in [3.63, 3.8) is 0 Å². The van der Waals surface area contributed by atoms with Crippen molar-refractivity contribution in [1.29, 1.82) is 0 Å². The molecule has 4 nitrogen and oxygen atoms in total. The van der Waals surface area contributed by atoms with Gasteiger partial charge in [0.15, 0.2) is 16.2 Å². The zero-order valence-electron chi connectivity index (χ0n) is 8.41. The molecule has 2 aromatic rings. The average Bonchev–Trinajstić information content (AvgIpc) is 2.70. The number of phenols is 1. The molecule has 1 amide bonds. The first kappa shape index (κ1) is 11.7. The number of anilines is 1. The molecule has 6 heteroatoms. The summed E-state index contributed by atoms with van der Waals surface area (Å²) >= 11 is 3.06. The van der Waals surface area contributed by atoms with E-state index in [1.165, 1.54) is 18.4 Å². The molecular weight excluding hydrogens is 293 g/mol. The number of aromatic hydroxyl groups is 1. The zero-order valence-corrected chi connectivity index (χ0v) is 9.99. The molecule has 0 radical (unpaired) electrons. The van der Waals surface area contributed by atoms with Gasteiger partial charge in [-0.3, -0.25) is 4.79 Å². The lowest BCUT2D eigenvalue weighted by Gasteiger charge is -2.04. The van der Waals surface area contributed by atoms with Crippen molar-refractivity contribution in [2.75, 3.05) is 5.32 Å². The Kier molecular flexibility index (Phi) is 3.14. The molecule has 0 unspecified atom stereocenters. The fourth-order valence-electron chi connectivity index (χ4n) is 1.24. The van der Waals surface area contributed by atoms with Crippen LogP contribution in [0.15, 0.2) is 39.6 Å². The van der Waals surface area contributed by atoms with Crippen LogP contribution in [0.1, 0.15) is 10.4 Å². The standard InChI is InChI=1S/C11H7BrFNO3/c12-10-7(3-4-17-10)11(16)14-6-1-2-9(15)8(13)5-6/h1-5,15H,(H,14,16). The molecule has 0 saturated carbocycles. The first-order chi connectivity index (χ1) is 8.08. The molecular formula is C11H7BrFNO3. The highest BCUT2D eigenvalue weighted by molar-refractivity contribution is 9.10. The van der Waals surface area contributed by atoms with Crippen LogP contribution in [0.2, 0.25) is 0 Å². The second-order valence-electron chi connectivity index (χ2n) is 3.23. The van der Waals surface area contributed by atoms with Crippen LogP contribution >= 0.6 is 15.9 Å². The van der Waals surface area contributed by atoms with Gasteiger partial charge in [-0.05, 0) is 34.1 Å². The summed E-state index contributed by atoms with van der Waals surface area (Å²) < 4.78 is 18.2. The van der Waals surface area contributed by atoms with Gasteiger partial charge in [-0.1, -0.05) is 0 Å². The topological polar surface area (TPSA) is 62.5 Å². The van der Waals surface area contributed by atoms with Gasteiger partial charge in [-0.2, -0.15) is 0 Å². The number of nitrogens with one attached hydrogen (secondary N) is 1. The predicted molar refractivity (Wildman–Crippen MR) is 62.4 cm³/mol. The van der Waals surface area contributed by atoms with Crippen molar-refractivity contribution in [2.24, 2.45) is 0 Å². The highest BCUT2D eigenvalue weighted by atomic mass is 79.9. The van der Waals surface area contributed by atoms with E-state index in [4.69, 9.17) is 9.52 Å². The summed E-state index contributed by atoms with van der Waals surface area (Å²) in [6, 6.07) is 5.07. The van der Waals surface area contributed by atoms with Crippen LogP contribution in [0.5, 0.6) is 5.75 Å². The lowest BCUT2D eigenvalue weighted by Crippen LogP contribution is -2.11. The number of phenolic OH excluding ortho intramolecular Hbond substituents is 1. The molecule has 17 heavy (non-hydrogen) atoms. The molecule has 0 atom stereocenters. The first-order valence-electron chi connectivity index (χ1n) is 4.61. The number of benzene rings is 1. The normalized spacial score (nSPS) is 10.2. The molecule has 1 aromatic heterocycles. The number of amides is 1. The molecule has 0 spiro atoms. The fourth-order valence-corrected chi connectivity index (χ4v) is 1.66. The zero-order chi connectivity index (χ0) is 12.4. The fraction of sp³-hybridized carbons (Fsp3) is 0. The summed E-state index contributed by atoms with van der Waals surface area (Å²) in [6.45, 7) is 0. The average molecular weight is 300 g/mol. The van der Waals surface area contributed by atoms with E-state index in [0.717, 1.165) is 12.1 Å². The molecule has 1 aromatic carbocycles. The van der Waals surface area contributed by atoms with Gasteiger partial charge in [0.2, 0.25) is 0 Å². The molecule has 0 bridgehead atoms. The van der Waals surface area contributed by atoms with Gasteiger partial charge in [-0.25, -0.2) is 4.39 Å². The molecule has 0 aliphatic heterocycles. The Morgan fingerprint density at radius 3 is 2.76 bits per heavy atom. The highest BCUT2D eigenvalue weighted by Gasteiger charge is 2.13. The summed E-state index contributed by atoms with van der Waals surface area (Å²) in [4.78, 5) is 11.7. The minimum Gasteiger partial charge on any atom is -0.505 e. The third-order valence-corrected chi connectivity index (χ3v) is 2.68. The Morgan fingerprint density at radius 2 is 2.18 bits per heavy atom. The second-order valence-corrected chi connectivity index (χ2v) is 3.95. The van der Waals surface area contributed by atoms with Crippen molar-refractivity contribution in [1.82, 2.24) is 0 Å². The Bertz CT molecular complexity index is 568. The van der Waals surface area contributed by atoms with Crippen molar-refractivity contribution in [3.8, 4) is 5.75 Å². The SMILES string of the molecule is O=C(Nc1ccc(O)c(F)c1)c1ccoc1Br. The molecule has 2 N–H and O–H groups in total. The largest absolute Gasteiger partial charge is 0.505 e. The number of halogens is 2. The number of carbonyl (C=O) groups excluding carboxylic acids is 1. The summed E-state index contributed by atoms with van der Waals surface area (Å²) in [5, 5.41) is 11.5. The molecule has 0 saturated heterocycles. The third kappa shape index (κ3) is 2.47. The van der Waals surface area contributed by atoms with E-state index in [1.807, 2.05) is 0 Å². The van der Waals surface area contributed by atoms with Crippen LogP contribution in [0.4, 0.5) is 10.1 Å². The first-order valence-corrected chi connectivity index (χ1v) is 5.40. The van der Waals surface area contributed by atoms with Gasteiger partial charge in [0, 0.05) is 11.8 Å². The minimum atomic E-state index is -0.797. The number of rotatable bonds is 2. The highest BCUT2D eigenvalue weighted by Crippen LogP contribution is 2.22. The van der Waals surface area contributed by atoms with Gasteiger partial charge in [0.05, 0.1) is 11.8 Å². The Morgan fingerprint density at radius 1 is 1.41 bits per heavy atom. The summed E-state index contributed by atoms with van der Waals surface area (Å²) in [6.07, 6.45) is 1.36. The van der Waals surface area contributed by atoms with Gasteiger partial charge < -0.3 is 14.8 Å².